The van der Waals surface area contributed by atoms with Gasteiger partial charge in [-0.05, 0) is 12.8 Å². The van der Waals surface area contributed by atoms with Gasteiger partial charge < -0.3 is 20.1 Å². The monoisotopic (exact) mass is 452 g/mol. The number of aromatic nitrogens is 4. The Hall–Kier alpha value is -2.01. The molecule has 3 N–H and O–H groups in total. The van der Waals surface area contributed by atoms with Crippen LogP contribution in [0.2, 0.25) is 0 Å². The SMILES string of the molecule is CCCCCCn1c(=O)c2c(ncn2C2O[C@H](CO)[C@@H](O)[C@H]2O)n(CCCCCC)c1=O. The Labute approximate surface area is 187 Å². The summed E-state index contributed by atoms with van der Waals surface area (Å²) < 4.78 is 9.78. The number of unbranched alkanes of at least 4 members (excludes halogenated alkanes) is 6. The maximum atomic E-state index is 13.4. The Kier molecular flexibility index (Phi) is 8.64. The number of hydrogen-bond acceptors (Lipinski definition) is 7. The molecule has 180 valence electrons. The van der Waals surface area contributed by atoms with E-state index in [0.29, 0.717) is 19.5 Å². The minimum atomic E-state index is -1.34. The van der Waals surface area contributed by atoms with Gasteiger partial charge in [0.2, 0.25) is 0 Å². The molecule has 3 rings (SSSR count). The molecule has 0 bridgehead atoms. The lowest BCUT2D eigenvalue weighted by Gasteiger charge is -2.18. The van der Waals surface area contributed by atoms with Crippen molar-refractivity contribution in [3.05, 3.63) is 27.2 Å². The number of nitrogens with zero attached hydrogens (tertiary/aromatic N) is 4. The Morgan fingerprint density at radius 2 is 1.56 bits per heavy atom. The van der Waals surface area contributed by atoms with Gasteiger partial charge in [-0.2, -0.15) is 0 Å². The highest BCUT2D eigenvalue weighted by molar-refractivity contribution is 5.70. The highest BCUT2D eigenvalue weighted by atomic mass is 16.6. The number of imidazole rings is 1. The van der Waals surface area contributed by atoms with Gasteiger partial charge in [-0.3, -0.25) is 18.5 Å². The number of hydrogen-bond donors (Lipinski definition) is 3. The fourth-order valence-corrected chi connectivity index (χ4v) is 4.30. The summed E-state index contributed by atoms with van der Waals surface area (Å²) in [6.45, 7) is 4.50. The zero-order valence-corrected chi connectivity index (χ0v) is 19.0. The van der Waals surface area contributed by atoms with Gasteiger partial charge in [-0.25, -0.2) is 9.78 Å². The van der Waals surface area contributed by atoms with E-state index in [1.54, 1.807) is 0 Å². The maximum Gasteiger partial charge on any atom is 0.332 e. The minimum Gasteiger partial charge on any atom is -0.394 e. The van der Waals surface area contributed by atoms with E-state index < -0.39 is 36.7 Å². The van der Waals surface area contributed by atoms with Crippen molar-refractivity contribution in [2.45, 2.75) is 103 Å². The van der Waals surface area contributed by atoms with E-state index in [1.807, 2.05) is 0 Å². The highest BCUT2D eigenvalue weighted by Crippen LogP contribution is 2.30. The first-order chi connectivity index (χ1) is 15.5. The third kappa shape index (κ3) is 4.83. The van der Waals surface area contributed by atoms with E-state index in [1.165, 1.54) is 20.0 Å². The third-order valence-corrected chi connectivity index (χ3v) is 6.20. The lowest BCUT2D eigenvalue weighted by atomic mass is 10.1. The molecule has 0 aliphatic carbocycles. The van der Waals surface area contributed by atoms with Crippen molar-refractivity contribution in [3.63, 3.8) is 0 Å². The van der Waals surface area contributed by atoms with Gasteiger partial charge in [-0.1, -0.05) is 52.4 Å². The Balaban J connectivity index is 2.05. The van der Waals surface area contributed by atoms with E-state index in [4.69, 9.17) is 4.74 Å². The molecule has 32 heavy (non-hydrogen) atoms. The molecule has 0 aromatic carbocycles. The van der Waals surface area contributed by atoms with E-state index in [9.17, 15) is 24.9 Å². The van der Waals surface area contributed by atoms with Crippen molar-refractivity contribution < 1.29 is 20.1 Å². The first-order valence-corrected chi connectivity index (χ1v) is 11.8. The zero-order valence-electron chi connectivity index (χ0n) is 19.0. The Morgan fingerprint density at radius 1 is 0.938 bits per heavy atom. The third-order valence-electron chi connectivity index (χ3n) is 6.20. The van der Waals surface area contributed by atoms with Gasteiger partial charge in [0, 0.05) is 13.1 Å². The molecular weight excluding hydrogens is 416 g/mol. The van der Waals surface area contributed by atoms with Crippen LogP contribution in [0.25, 0.3) is 11.2 Å². The molecule has 0 spiro atoms. The van der Waals surface area contributed by atoms with Crippen LogP contribution in [0.15, 0.2) is 15.9 Å². The van der Waals surface area contributed by atoms with Crippen LogP contribution in [0.4, 0.5) is 0 Å². The van der Waals surface area contributed by atoms with Gasteiger partial charge in [0.25, 0.3) is 5.56 Å². The zero-order chi connectivity index (χ0) is 23.3. The molecule has 2 aromatic heterocycles. The van der Waals surface area contributed by atoms with Crippen molar-refractivity contribution in [1.82, 2.24) is 18.7 Å². The largest absolute Gasteiger partial charge is 0.394 e. The normalized spacial score (nSPS) is 23.4. The standard InChI is InChI=1S/C22H36N4O6/c1-3-5-7-9-11-24-19-16(20(30)25(22(24)31)12-10-8-6-4-2)26(14-23-19)21-18(29)17(28)15(13-27)32-21/h14-15,17-18,21,27-29H,3-13H2,1-2H3/t15-,17-,18-,21?/m1/s1. The topological polar surface area (TPSA) is 132 Å². The Bertz CT molecular complexity index is 997. The van der Waals surface area contributed by atoms with Crippen LogP contribution in [0, 0.1) is 0 Å². The molecule has 1 unspecified atom stereocenters. The van der Waals surface area contributed by atoms with E-state index in [0.717, 1.165) is 44.9 Å². The lowest BCUT2D eigenvalue weighted by molar-refractivity contribution is -0.0509. The molecule has 0 saturated carbocycles. The van der Waals surface area contributed by atoms with Crippen molar-refractivity contribution in [1.29, 1.82) is 0 Å². The van der Waals surface area contributed by atoms with Crippen LogP contribution in [0.5, 0.6) is 0 Å². The molecule has 0 radical (unpaired) electrons. The molecule has 2 aromatic rings. The summed E-state index contributed by atoms with van der Waals surface area (Å²) in [5.41, 5.74) is -0.451. The van der Waals surface area contributed by atoms with Crippen LogP contribution >= 0.6 is 0 Å². The summed E-state index contributed by atoms with van der Waals surface area (Å²) in [4.78, 5) is 30.9. The number of aliphatic hydroxyl groups is 3. The fraction of sp³-hybridized carbons (Fsp3) is 0.773. The molecule has 4 atom stereocenters. The van der Waals surface area contributed by atoms with Crippen molar-refractivity contribution in [2.75, 3.05) is 6.61 Å². The summed E-state index contributed by atoms with van der Waals surface area (Å²) in [6, 6.07) is 0. The Morgan fingerprint density at radius 3 is 2.12 bits per heavy atom. The predicted molar refractivity (Wildman–Crippen MR) is 120 cm³/mol. The number of ether oxygens (including phenoxy) is 1. The first-order valence-electron chi connectivity index (χ1n) is 11.8. The van der Waals surface area contributed by atoms with Gasteiger partial charge in [0.15, 0.2) is 17.4 Å². The van der Waals surface area contributed by atoms with Crippen molar-refractivity contribution in [2.24, 2.45) is 0 Å². The average Bonchev–Trinajstić information content (AvgIpc) is 3.34. The molecule has 1 aliphatic rings. The van der Waals surface area contributed by atoms with Crippen LogP contribution in [0.3, 0.4) is 0 Å². The molecule has 3 heterocycles. The number of aryl methyl sites for hydroxylation is 1. The molecule has 0 amide bonds. The number of rotatable bonds is 12. The number of aliphatic hydroxyl groups excluding tert-OH is 3. The van der Waals surface area contributed by atoms with Crippen molar-refractivity contribution >= 4 is 11.2 Å². The van der Waals surface area contributed by atoms with Crippen molar-refractivity contribution in [3.8, 4) is 0 Å². The molecular formula is C22H36N4O6. The summed E-state index contributed by atoms with van der Waals surface area (Å²) in [6.07, 6.45) is 4.28. The second-order valence-electron chi connectivity index (χ2n) is 8.57. The summed E-state index contributed by atoms with van der Waals surface area (Å²) >= 11 is 0. The maximum absolute atomic E-state index is 13.4. The van der Waals surface area contributed by atoms with Crippen LogP contribution in [-0.2, 0) is 17.8 Å². The molecule has 10 heteroatoms. The number of fused-ring (bicyclic) bond motifs is 1. The smallest absolute Gasteiger partial charge is 0.332 e. The van der Waals surface area contributed by atoms with E-state index in [2.05, 4.69) is 18.8 Å². The second-order valence-corrected chi connectivity index (χ2v) is 8.57. The summed E-state index contributed by atoms with van der Waals surface area (Å²) in [5, 5.41) is 30.0. The molecule has 10 nitrogen and oxygen atoms in total. The van der Waals surface area contributed by atoms with Gasteiger partial charge >= 0.3 is 5.69 Å². The van der Waals surface area contributed by atoms with Gasteiger partial charge in [0.1, 0.15) is 18.3 Å². The minimum absolute atomic E-state index is 0.158. The summed E-state index contributed by atoms with van der Waals surface area (Å²) in [5.74, 6) is 0. The van der Waals surface area contributed by atoms with Gasteiger partial charge in [0.05, 0.1) is 12.9 Å². The molecule has 1 fully saturated rings. The van der Waals surface area contributed by atoms with Crippen LogP contribution in [0.1, 0.15) is 71.4 Å². The summed E-state index contributed by atoms with van der Waals surface area (Å²) in [7, 11) is 0. The van der Waals surface area contributed by atoms with Gasteiger partial charge in [-0.15, -0.1) is 0 Å². The quantitative estimate of drug-likeness (QED) is 0.411. The van der Waals surface area contributed by atoms with Crippen LogP contribution < -0.4 is 11.2 Å². The van der Waals surface area contributed by atoms with E-state index in [-0.39, 0.29) is 16.9 Å². The molecule has 1 saturated heterocycles. The predicted octanol–water partition coefficient (Wildman–Crippen LogP) is 1.13. The van der Waals surface area contributed by atoms with E-state index >= 15 is 0 Å². The highest BCUT2D eigenvalue weighted by Gasteiger charge is 2.44. The lowest BCUT2D eigenvalue weighted by Crippen LogP contribution is -2.41. The average molecular weight is 453 g/mol. The second kappa shape index (κ2) is 11.2. The fourth-order valence-electron chi connectivity index (χ4n) is 4.30. The first kappa shape index (κ1) is 24.6. The molecule has 1 aliphatic heterocycles. The van der Waals surface area contributed by atoms with Crippen LogP contribution in [-0.4, -0.2) is 58.9 Å².